The SMILES string of the molecule is Nc1cc(Br)cc(Br)c1S(=O)(=O)NCc1ccn[nH]1. The zero-order chi connectivity index (χ0) is 14.0. The molecule has 0 saturated carbocycles. The monoisotopic (exact) mass is 408 g/mol. The summed E-state index contributed by atoms with van der Waals surface area (Å²) in [6.07, 6.45) is 1.55. The van der Waals surface area contributed by atoms with Crippen LogP contribution < -0.4 is 10.5 Å². The predicted molar refractivity (Wildman–Crippen MR) is 78.9 cm³/mol. The molecule has 4 N–H and O–H groups in total. The molecule has 0 fully saturated rings. The van der Waals surface area contributed by atoms with E-state index in [1.54, 1.807) is 18.3 Å². The van der Waals surface area contributed by atoms with Gasteiger partial charge in [-0.25, -0.2) is 13.1 Å². The molecule has 6 nitrogen and oxygen atoms in total. The third-order valence-electron chi connectivity index (χ3n) is 2.32. The third kappa shape index (κ3) is 3.35. The van der Waals surface area contributed by atoms with Gasteiger partial charge in [0.2, 0.25) is 10.0 Å². The van der Waals surface area contributed by atoms with Gasteiger partial charge < -0.3 is 5.73 Å². The highest BCUT2D eigenvalue weighted by Gasteiger charge is 2.21. The second-order valence-corrected chi connectivity index (χ2v) is 7.19. The molecule has 0 aliphatic heterocycles. The number of nitrogens with zero attached hydrogens (tertiary/aromatic N) is 1. The Bertz CT molecular complexity index is 663. The molecule has 1 heterocycles. The highest BCUT2D eigenvalue weighted by atomic mass is 79.9. The van der Waals surface area contributed by atoms with E-state index in [0.29, 0.717) is 14.6 Å². The lowest BCUT2D eigenvalue weighted by molar-refractivity contribution is 0.580. The van der Waals surface area contributed by atoms with Gasteiger partial charge in [0.05, 0.1) is 17.9 Å². The molecule has 2 rings (SSSR count). The lowest BCUT2D eigenvalue weighted by atomic mass is 10.3. The van der Waals surface area contributed by atoms with Crippen LogP contribution in [0.4, 0.5) is 5.69 Å². The number of nitrogens with one attached hydrogen (secondary N) is 2. The second-order valence-electron chi connectivity index (χ2n) is 3.71. The van der Waals surface area contributed by atoms with Crippen LogP contribution in [0, 0.1) is 0 Å². The number of aromatic amines is 1. The fourth-order valence-electron chi connectivity index (χ4n) is 1.49. The van der Waals surface area contributed by atoms with E-state index in [2.05, 4.69) is 46.8 Å². The van der Waals surface area contributed by atoms with Gasteiger partial charge in [-0.15, -0.1) is 0 Å². The van der Waals surface area contributed by atoms with Gasteiger partial charge in [0.25, 0.3) is 0 Å². The molecular formula is C10H10Br2N4O2S. The van der Waals surface area contributed by atoms with E-state index in [4.69, 9.17) is 5.73 Å². The minimum absolute atomic E-state index is 0.0233. The fourth-order valence-corrected chi connectivity index (χ4v) is 4.56. The Kier molecular flexibility index (Phi) is 4.29. The van der Waals surface area contributed by atoms with E-state index in [1.165, 1.54) is 6.07 Å². The van der Waals surface area contributed by atoms with Crippen molar-refractivity contribution in [2.45, 2.75) is 11.4 Å². The maximum atomic E-state index is 12.2. The number of aromatic nitrogens is 2. The first-order valence-corrected chi connectivity index (χ1v) is 8.19. The number of halogens is 2. The molecule has 1 aromatic carbocycles. The Morgan fingerprint density at radius 3 is 2.68 bits per heavy atom. The summed E-state index contributed by atoms with van der Waals surface area (Å²) < 4.78 is 28.0. The van der Waals surface area contributed by atoms with Gasteiger partial charge in [-0.1, -0.05) is 15.9 Å². The van der Waals surface area contributed by atoms with Gasteiger partial charge in [0.1, 0.15) is 4.90 Å². The molecule has 0 saturated heterocycles. The smallest absolute Gasteiger partial charge is 0.244 e. The summed E-state index contributed by atoms with van der Waals surface area (Å²) in [5.41, 5.74) is 6.59. The van der Waals surface area contributed by atoms with Crippen molar-refractivity contribution in [1.29, 1.82) is 0 Å². The van der Waals surface area contributed by atoms with E-state index in [0.717, 1.165) is 0 Å². The molecule has 0 atom stereocenters. The quantitative estimate of drug-likeness (QED) is 0.672. The molecule has 0 amide bonds. The summed E-state index contributed by atoms with van der Waals surface area (Å²) in [6.45, 7) is 0.115. The standard InChI is InChI=1S/C10H10Br2N4O2S/c11-6-3-8(12)10(9(13)4-6)19(17,18)15-5-7-1-2-14-16-7/h1-4,15H,5,13H2,(H,14,16). The fraction of sp³-hybridized carbons (Fsp3) is 0.100. The van der Waals surface area contributed by atoms with Crippen molar-refractivity contribution in [3.8, 4) is 0 Å². The van der Waals surface area contributed by atoms with Crippen molar-refractivity contribution in [2.24, 2.45) is 0 Å². The zero-order valence-electron chi connectivity index (χ0n) is 9.52. The Balaban J connectivity index is 2.29. The summed E-state index contributed by atoms with van der Waals surface area (Å²) in [7, 11) is -3.70. The van der Waals surface area contributed by atoms with Crippen molar-refractivity contribution in [3.05, 3.63) is 39.0 Å². The highest BCUT2D eigenvalue weighted by Crippen LogP contribution is 2.31. The topological polar surface area (TPSA) is 101 Å². The van der Waals surface area contributed by atoms with E-state index < -0.39 is 10.0 Å². The van der Waals surface area contributed by atoms with Crippen LogP contribution in [0.3, 0.4) is 0 Å². The van der Waals surface area contributed by atoms with E-state index in [-0.39, 0.29) is 17.1 Å². The van der Waals surface area contributed by atoms with E-state index >= 15 is 0 Å². The Labute approximate surface area is 127 Å². The molecule has 0 radical (unpaired) electrons. The minimum atomic E-state index is -3.70. The predicted octanol–water partition coefficient (Wildman–Crippen LogP) is 2.00. The van der Waals surface area contributed by atoms with Gasteiger partial charge >= 0.3 is 0 Å². The van der Waals surface area contributed by atoms with Gasteiger partial charge in [-0.05, 0) is 34.1 Å². The molecule has 0 spiro atoms. The molecule has 0 unspecified atom stereocenters. The minimum Gasteiger partial charge on any atom is -0.398 e. The summed E-state index contributed by atoms with van der Waals surface area (Å²) >= 11 is 6.45. The maximum Gasteiger partial charge on any atom is 0.244 e. The van der Waals surface area contributed by atoms with Crippen LogP contribution in [0.25, 0.3) is 0 Å². The summed E-state index contributed by atoms with van der Waals surface area (Å²) in [6, 6.07) is 4.85. The summed E-state index contributed by atoms with van der Waals surface area (Å²) in [5, 5.41) is 6.41. The number of rotatable bonds is 4. The van der Waals surface area contributed by atoms with E-state index in [9.17, 15) is 8.42 Å². The van der Waals surface area contributed by atoms with Gasteiger partial charge in [0.15, 0.2) is 0 Å². The highest BCUT2D eigenvalue weighted by molar-refractivity contribution is 9.11. The van der Waals surface area contributed by atoms with E-state index in [1.807, 2.05) is 0 Å². The molecule has 9 heteroatoms. The second kappa shape index (κ2) is 5.61. The number of hydrogen-bond donors (Lipinski definition) is 3. The molecule has 1 aromatic heterocycles. The van der Waals surface area contributed by atoms with Crippen LogP contribution >= 0.6 is 31.9 Å². The molecule has 19 heavy (non-hydrogen) atoms. The number of nitrogens with two attached hydrogens (primary N) is 1. The molecule has 2 aromatic rings. The van der Waals surface area contributed by atoms with Gasteiger partial charge in [-0.3, -0.25) is 5.10 Å². The van der Waals surface area contributed by atoms with Crippen LogP contribution in [-0.2, 0) is 16.6 Å². The Morgan fingerprint density at radius 1 is 1.37 bits per heavy atom. The Morgan fingerprint density at radius 2 is 2.11 bits per heavy atom. The number of sulfonamides is 1. The number of benzene rings is 1. The summed E-state index contributed by atoms with van der Waals surface area (Å²) in [5.74, 6) is 0. The van der Waals surface area contributed by atoms with Crippen LogP contribution in [0.5, 0.6) is 0 Å². The Hall–Kier alpha value is -0.900. The number of hydrogen-bond acceptors (Lipinski definition) is 4. The lowest BCUT2D eigenvalue weighted by Crippen LogP contribution is -2.24. The van der Waals surface area contributed by atoms with Crippen molar-refractivity contribution in [3.63, 3.8) is 0 Å². The van der Waals surface area contributed by atoms with Crippen LogP contribution in [-0.4, -0.2) is 18.6 Å². The van der Waals surface area contributed by atoms with Crippen molar-refractivity contribution >= 4 is 47.6 Å². The van der Waals surface area contributed by atoms with Crippen LogP contribution in [0.1, 0.15) is 5.69 Å². The van der Waals surface area contributed by atoms with Gasteiger partial charge in [0, 0.05) is 15.1 Å². The van der Waals surface area contributed by atoms with Crippen molar-refractivity contribution < 1.29 is 8.42 Å². The largest absolute Gasteiger partial charge is 0.398 e. The normalized spacial score (nSPS) is 11.7. The zero-order valence-corrected chi connectivity index (χ0v) is 13.5. The average Bonchev–Trinajstić information content (AvgIpc) is 2.77. The molecule has 0 bridgehead atoms. The first-order chi connectivity index (χ1) is 8.90. The number of anilines is 1. The molecule has 0 aliphatic rings. The summed E-state index contributed by atoms with van der Waals surface area (Å²) in [4.78, 5) is 0.0233. The number of nitrogen functional groups attached to an aromatic ring is 1. The third-order valence-corrected chi connectivity index (χ3v) is 5.18. The maximum absolute atomic E-state index is 12.2. The average molecular weight is 410 g/mol. The molecular weight excluding hydrogens is 400 g/mol. The lowest BCUT2D eigenvalue weighted by Gasteiger charge is -2.11. The first kappa shape index (κ1) is 14.5. The first-order valence-electron chi connectivity index (χ1n) is 5.12. The van der Waals surface area contributed by atoms with Crippen molar-refractivity contribution in [2.75, 3.05) is 5.73 Å². The molecule has 0 aliphatic carbocycles. The van der Waals surface area contributed by atoms with Crippen LogP contribution in [0.2, 0.25) is 0 Å². The number of H-pyrrole nitrogens is 1. The van der Waals surface area contributed by atoms with Crippen LogP contribution in [0.15, 0.2) is 38.2 Å². The van der Waals surface area contributed by atoms with Gasteiger partial charge in [-0.2, -0.15) is 5.10 Å². The molecule has 102 valence electrons. The van der Waals surface area contributed by atoms with Crippen molar-refractivity contribution in [1.82, 2.24) is 14.9 Å².